The fraction of sp³-hybridized carbons (Fsp3) is 1.00. The minimum Gasteiger partial charge on any atom is -0.388 e. The van der Waals surface area contributed by atoms with Crippen LogP contribution in [0.3, 0.4) is 0 Å². The Bertz CT molecular complexity index is 563. The van der Waals surface area contributed by atoms with Crippen molar-refractivity contribution in [1.29, 1.82) is 0 Å². The van der Waals surface area contributed by atoms with E-state index in [9.17, 15) is 14.8 Å². The van der Waals surface area contributed by atoms with Gasteiger partial charge >= 0.3 is 0 Å². The van der Waals surface area contributed by atoms with Gasteiger partial charge in [0.25, 0.3) is 0 Å². The van der Waals surface area contributed by atoms with Gasteiger partial charge in [-0.15, -0.1) is 0 Å². The third-order valence-electron chi connectivity index (χ3n) is 4.72. The van der Waals surface area contributed by atoms with E-state index in [4.69, 9.17) is 28.0 Å². The van der Waals surface area contributed by atoms with E-state index in [1.807, 2.05) is 27.7 Å². The van der Waals surface area contributed by atoms with Gasteiger partial charge in [-0.25, -0.2) is 0 Å². The summed E-state index contributed by atoms with van der Waals surface area (Å²) in [4.78, 5) is 0. The number of rotatable bonds is 10. The van der Waals surface area contributed by atoms with Gasteiger partial charge in [-0.2, -0.15) is 0 Å². The second-order valence-corrected chi connectivity index (χ2v) is 8.78. The standard InChI is InChI=1S/C18H37BO9P/c1-9(2)23-7-13-18(16(21)12(6)26-13)28-29(19,22)24-8-14-17(25-10(3)4)15(20)11(5)27-14/h9-18,20-21H,7-8H2,1-6,19H3/q-1/t11-,12-,13+,14+,15?,16?,17-,18-,29?/m0/s1. The van der Waals surface area contributed by atoms with Gasteiger partial charge < -0.3 is 42.8 Å². The number of aliphatic hydroxyl groups excluding tert-OH is 2. The molecule has 9 atom stereocenters. The van der Waals surface area contributed by atoms with E-state index in [2.05, 4.69) is 0 Å². The number of ether oxygens (including phenoxy) is 4. The minimum atomic E-state index is -3.31. The van der Waals surface area contributed by atoms with Crippen LogP contribution in [0, 0.1) is 0 Å². The molecule has 2 aliphatic heterocycles. The topological polar surface area (TPSA) is 113 Å². The smallest absolute Gasteiger partial charge is 0.147 e. The van der Waals surface area contributed by atoms with Crippen LogP contribution < -0.4 is 0 Å². The Labute approximate surface area is 174 Å². The highest BCUT2D eigenvalue weighted by Crippen LogP contribution is 2.47. The van der Waals surface area contributed by atoms with Crippen molar-refractivity contribution in [2.24, 2.45) is 0 Å². The van der Waals surface area contributed by atoms with Gasteiger partial charge in [-0.1, -0.05) is 0 Å². The van der Waals surface area contributed by atoms with Crippen LogP contribution in [0.1, 0.15) is 41.5 Å². The van der Waals surface area contributed by atoms with Crippen LogP contribution >= 0.6 is 7.47 Å². The summed E-state index contributed by atoms with van der Waals surface area (Å²) < 4.78 is 47.3. The van der Waals surface area contributed by atoms with E-state index in [1.54, 1.807) is 13.8 Å². The highest BCUT2D eigenvalue weighted by molar-refractivity contribution is 7.79. The van der Waals surface area contributed by atoms with Crippen molar-refractivity contribution in [2.75, 3.05) is 13.2 Å². The molecule has 29 heavy (non-hydrogen) atoms. The fourth-order valence-electron chi connectivity index (χ4n) is 3.27. The molecule has 2 fully saturated rings. The molecule has 172 valence electrons. The zero-order valence-electron chi connectivity index (χ0n) is 17.4. The predicted molar refractivity (Wildman–Crippen MR) is 110 cm³/mol. The van der Waals surface area contributed by atoms with Crippen LogP contribution in [0.4, 0.5) is 0 Å². The molecule has 2 saturated heterocycles. The van der Waals surface area contributed by atoms with E-state index < -0.39 is 63.9 Å². The molecule has 2 aliphatic rings. The van der Waals surface area contributed by atoms with Gasteiger partial charge in [0.05, 0.1) is 45.2 Å². The zero-order valence-corrected chi connectivity index (χ0v) is 18.3. The third-order valence-corrected chi connectivity index (χ3v) is 5.50. The molecule has 11 heteroatoms. The third kappa shape index (κ3) is 6.99. The second kappa shape index (κ2) is 10.5. The van der Waals surface area contributed by atoms with Crippen molar-refractivity contribution in [3.63, 3.8) is 0 Å². The Morgan fingerprint density at radius 2 is 1.45 bits per heavy atom. The highest BCUT2D eigenvalue weighted by atomic mass is 31.2. The Kier molecular flexibility index (Phi) is 9.16. The highest BCUT2D eigenvalue weighted by Gasteiger charge is 2.46. The van der Waals surface area contributed by atoms with Gasteiger partial charge in [-0.05, 0) is 41.5 Å². The molecular formula is C18H37BO9P-. The van der Waals surface area contributed by atoms with Crippen LogP contribution in [0.5, 0.6) is 0 Å². The van der Waals surface area contributed by atoms with E-state index in [-0.39, 0.29) is 25.4 Å². The Balaban J connectivity index is 1.96. The van der Waals surface area contributed by atoms with Crippen LogP contribution in [-0.2, 0) is 32.6 Å². The van der Waals surface area contributed by atoms with Crippen molar-refractivity contribution in [1.82, 2.24) is 0 Å². The lowest BCUT2D eigenvalue weighted by Crippen LogP contribution is -2.39. The first-order chi connectivity index (χ1) is 13.4. The van der Waals surface area contributed by atoms with Crippen molar-refractivity contribution in [3.8, 4) is 0 Å². The summed E-state index contributed by atoms with van der Waals surface area (Å²) in [6, 6.07) is 0. The van der Waals surface area contributed by atoms with Gasteiger partial charge in [0.15, 0.2) is 0 Å². The fourth-order valence-corrected chi connectivity index (χ4v) is 4.06. The molecule has 2 rings (SSSR count). The lowest BCUT2D eigenvalue weighted by atomic mass is 10.1. The maximum absolute atomic E-state index is 13.1. The van der Waals surface area contributed by atoms with E-state index >= 15 is 0 Å². The Morgan fingerprint density at radius 1 is 0.931 bits per heavy atom. The Morgan fingerprint density at radius 3 is 1.97 bits per heavy atom. The van der Waals surface area contributed by atoms with Crippen LogP contribution in [0.25, 0.3) is 0 Å². The van der Waals surface area contributed by atoms with Gasteiger partial charge in [0.1, 0.15) is 44.1 Å². The molecule has 0 radical (unpaired) electrons. The van der Waals surface area contributed by atoms with E-state index in [0.29, 0.717) is 0 Å². The van der Waals surface area contributed by atoms with Crippen molar-refractivity contribution >= 4 is 15.0 Å². The van der Waals surface area contributed by atoms with Crippen molar-refractivity contribution < 1.29 is 42.8 Å². The molecular weight excluding hydrogens is 402 g/mol. The van der Waals surface area contributed by atoms with Crippen LogP contribution in [0.2, 0.25) is 0 Å². The number of aliphatic hydroxyl groups is 2. The van der Waals surface area contributed by atoms with Crippen molar-refractivity contribution in [3.05, 3.63) is 0 Å². The average molecular weight is 439 g/mol. The summed E-state index contributed by atoms with van der Waals surface area (Å²) in [6.07, 6.45) is -5.01. The lowest BCUT2D eigenvalue weighted by Gasteiger charge is -2.30. The van der Waals surface area contributed by atoms with Crippen LogP contribution in [0.15, 0.2) is 0 Å². The molecule has 0 aromatic rings. The van der Waals surface area contributed by atoms with Gasteiger partial charge in [0.2, 0.25) is 0 Å². The molecule has 9 nitrogen and oxygen atoms in total. The summed E-state index contributed by atoms with van der Waals surface area (Å²) in [7, 11) is -4.17. The molecule has 0 spiro atoms. The normalized spacial score (nSPS) is 40.1. The summed E-state index contributed by atoms with van der Waals surface area (Å²) in [5.74, 6) is 0. The summed E-state index contributed by atoms with van der Waals surface area (Å²) >= 11 is 0. The van der Waals surface area contributed by atoms with Crippen LogP contribution in [-0.4, -0.2) is 92.0 Å². The Hall–Kier alpha value is -0.0251. The molecule has 0 aliphatic carbocycles. The predicted octanol–water partition coefficient (Wildman–Crippen LogP) is 0.377. The zero-order chi connectivity index (χ0) is 21.9. The molecule has 0 aromatic heterocycles. The second-order valence-electron chi connectivity index (χ2n) is 7.86. The average Bonchev–Trinajstić information content (AvgIpc) is 3.02. The molecule has 0 bridgehead atoms. The summed E-state index contributed by atoms with van der Waals surface area (Å²) in [5.41, 5.74) is 0. The summed E-state index contributed by atoms with van der Waals surface area (Å²) in [6.45, 7) is 11.3. The molecule has 2 N–H and O–H groups in total. The maximum atomic E-state index is 13.1. The molecule has 3 unspecified atom stereocenters. The van der Waals surface area contributed by atoms with Gasteiger partial charge in [0, 0.05) is 0 Å². The number of hydrogen-bond acceptors (Lipinski definition) is 9. The lowest BCUT2D eigenvalue weighted by molar-refractivity contribution is -0.0776. The first-order valence-corrected chi connectivity index (χ1v) is 10.9. The van der Waals surface area contributed by atoms with Gasteiger partial charge in [-0.3, -0.25) is 0 Å². The minimum absolute atomic E-state index is 0.00433. The number of hydrogen-bond donors (Lipinski definition) is 2. The SMILES string of the molecule is [BH3-]P(=O)(OC[C@H]1O[C@@H](C)C(O)[C@H]1OC(C)C)O[C@@H]1C(O)[C@H](C)O[C@@H]1COC(C)C. The monoisotopic (exact) mass is 439 g/mol. The first-order valence-electron chi connectivity index (χ1n) is 9.81. The largest absolute Gasteiger partial charge is 0.388 e. The van der Waals surface area contributed by atoms with E-state index in [0.717, 1.165) is 0 Å². The molecule has 0 aromatic carbocycles. The van der Waals surface area contributed by atoms with Crippen molar-refractivity contribution in [2.45, 2.75) is 103 Å². The molecule has 2 heterocycles. The first kappa shape index (κ1) is 25.2. The summed E-state index contributed by atoms with van der Waals surface area (Å²) in [5, 5.41) is 20.7. The van der Waals surface area contributed by atoms with E-state index in [1.165, 1.54) is 0 Å². The quantitative estimate of drug-likeness (QED) is 0.368. The molecule has 0 saturated carbocycles. The molecule has 0 amide bonds. The maximum Gasteiger partial charge on any atom is 0.147 e.